The number of anilines is 1. The smallest absolute Gasteiger partial charge is 0.132 e. The summed E-state index contributed by atoms with van der Waals surface area (Å²) in [4.78, 5) is 15.2. The lowest BCUT2D eigenvalue weighted by molar-refractivity contribution is 0.122. The Morgan fingerprint density at radius 2 is 1.97 bits per heavy atom. The second-order valence-corrected chi connectivity index (χ2v) is 7.65. The van der Waals surface area contributed by atoms with Gasteiger partial charge in [-0.05, 0) is 48.4 Å². The molecule has 156 valence electrons. The Hall–Kier alpha value is -3.63. The van der Waals surface area contributed by atoms with Crippen LogP contribution in [0.2, 0.25) is 0 Å². The van der Waals surface area contributed by atoms with Crippen LogP contribution in [-0.4, -0.2) is 48.4 Å². The number of methoxy groups -OCH3 is 1. The second kappa shape index (κ2) is 8.25. The number of rotatable bonds is 5. The average Bonchev–Trinajstić information content (AvgIpc) is 3.26. The number of hydrogen-bond acceptors (Lipinski definition) is 6. The summed E-state index contributed by atoms with van der Waals surface area (Å²) in [6.45, 7) is 2.91. The molecule has 1 unspecified atom stereocenters. The largest absolute Gasteiger partial charge is 0.497 e. The van der Waals surface area contributed by atoms with E-state index in [1.165, 1.54) is 0 Å². The highest BCUT2D eigenvalue weighted by atomic mass is 16.5. The second-order valence-electron chi connectivity index (χ2n) is 7.65. The number of nitrogens with zero attached hydrogens (tertiary/aromatic N) is 4. The molecule has 2 aromatic heterocycles. The van der Waals surface area contributed by atoms with Gasteiger partial charge in [0.25, 0.3) is 0 Å². The third kappa shape index (κ3) is 3.78. The van der Waals surface area contributed by atoms with Gasteiger partial charge in [0.05, 0.1) is 42.9 Å². The van der Waals surface area contributed by atoms with Crippen molar-refractivity contribution in [3.63, 3.8) is 0 Å². The number of pyridine rings is 1. The van der Waals surface area contributed by atoms with Crippen molar-refractivity contribution < 1.29 is 9.47 Å². The number of aromatic nitrogens is 3. The van der Waals surface area contributed by atoms with Gasteiger partial charge in [-0.1, -0.05) is 12.1 Å². The third-order valence-electron chi connectivity index (χ3n) is 5.71. The van der Waals surface area contributed by atoms with Crippen LogP contribution in [0.4, 0.5) is 5.82 Å². The number of H-pyrrole nitrogens is 1. The number of imidazole rings is 1. The standard InChI is InChI=1S/C24H23N5O2/c1-30-19-6-7-20-16(14-19)12-17(24(28-20)29-8-10-31-11-9-29)13-18(15-25)23-26-21-4-2-3-5-22(21)27-23/h2-7,12,14,18H,8-11,13H2,1H3,(H,26,27). The summed E-state index contributed by atoms with van der Waals surface area (Å²) in [6, 6.07) is 18.3. The maximum absolute atomic E-state index is 9.98. The summed E-state index contributed by atoms with van der Waals surface area (Å²) in [5.41, 5.74) is 3.73. The molecule has 31 heavy (non-hydrogen) atoms. The highest BCUT2D eigenvalue weighted by Gasteiger charge is 2.22. The zero-order chi connectivity index (χ0) is 21.2. The van der Waals surface area contributed by atoms with Crippen LogP contribution in [0.5, 0.6) is 5.75 Å². The van der Waals surface area contributed by atoms with Gasteiger partial charge in [-0.15, -0.1) is 0 Å². The fraction of sp³-hybridized carbons (Fsp3) is 0.292. The van der Waals surface area contributed by atoms with E-state index in [1.54, 1.807) is 7.11 Å². The number of ether oxygens (including phenoxy) is 2. The van der Waals surface area contributed by atoms with Crippen molar-refractivity contribution in [2.75, 3.05) is 38.3 Å². The minimum Gasteiger partial charge on any atom is -0.497 e. The molecular weight excluding hydrogens is 390 g/mol. The molecule has 5 rings (SSSR count). The molecule has 0 amide bonds. The van der Waals surface area contributed by atoms with E-state index < -0.39 is 5.92 Å². The lowest BCUT2D eigenvalue weighted by Crippen LogP contribution is -2.37. The predicted octanol–water partition coefficient (Wildman–Crippen LogP) is 3.81. The minimum atomic E-state index is -0.406. The van der Waals surface area contributed by atoms with Gasteiger partial charge in [0.2, 0.25) is 0 Å². The van der Waals surface area contributed by atoms with E-state index in [0.29, 0.717) is 25.5 Å². The zero-order valence-corrected chi connectivity index (χ0v) is 17.3. The first-order valence-electron chi connectivity index (χ1n) is 10.4. The summed E-state index contributed by atoms with van der Waals surface area (Å²) >= 11 is 0. The quantitative estimate of drug-likeness (QED) is 0.535. The summed E-state index contributed by atoms with van der Waals surface area (Å²) < 4.78 is 10.9. The molecule has 3 heterocycles. The number of morpholine rings is 1. The van der Waals surface area contributed by atoms with Crippen LogP contribution < -0.4 is 9.64 Å². The molecule has 7 heteroatoms. The van der Waals surface area contributed by atoms with Gasteiger partial charge in [-0.3, -0.25) is 0 Å². The number of nitrogens with one attached hydrogen (secondary N) is 1. The predicted molar refractivity (Wildman–Crippen MR) is 119 cm³/mol. The van der Waals surface area contributed by atoms with Gasteiger partial charge in [0.1, 0.15) is 23.3 Å². The lowest BCUT2D eigenvalue weighted by atomic mass is 9.98. The zero-order valence-electron chi connectivity index (χ0n) is 17.3. The molecule has 0 radical (unpaired) electrons. The van der Waals surface area contributed by atoms with Crippen LogP contribution in [-0.2, 0) is 11.2 Å². The average molecular weight is 413 g/mol. The van der Waals surface area contributed by atoms with Gasteiger partial charge < -0.3 is 19.4 Å². The highest BCUT2D eigenvalue weighted by molar-refractivity contribution is 5.83. The van der Waals surface area contributed by atoms with Crippen LogP contribution in [0.25, 0.3) is 21.9 Å². The van der Waals surface area contributed by atoms with Crippen molar-refractivity contribution >= 4 is 27.8 Å². The Morgan fingerprint density at radius 1 is 1.13 bits per heavy atom. The molecule has 0 saturated carbocycles. The van der Waals surface area contributed by atoms with E-state index >= 15 is 0 Å². The van der Waals surface area contributed by atoms with E-state index in [2.05, 4.69) is 27.0 Å². The number of para-hydroxylation sites is 2. The van der Waals surface area contributed by atoms with Gasteiger partial charge in [0.15, 0.2) is 0 Å². The van der Waals surface area contributed by atoms with Crippen LogP contribution in [0, 0.1) is 11.3 Å². The topological polar surface area (TPSA) is 87.1 Å². The molecule has 0 bridgehead atoms. The Balaban J connectivity index is 1.57. The van der Waals surface area contributed by atoms with E-state index in [1.807, 2.05) is 42.5 Å². The number of benzene rings is 2. The Bertz CT molecular complexity index is 1240. The molecule has 7 nitrogen and oxygen atoms in total. The summed E-state index contributed by atoms with van der Waals surface area (Å²) in [5.74, 6) is 1.98. The molecule has 4 aromatic rings. The first-order valence-corrected chi connectivity index (χ1v) is 10.4. The maximum atomic E-state index is 9.98. The lowest BCUT2D eigenvalue weighted by Gasteiger charge is -2.30. The third-order valence-corrected chi connectivity index (χ3v) is 5.71. The van der Waals surface area contributed by atoms with Crippen molar-refractivity contribution in [3.8, 4) is 11.8 Å². The van der Waals surface area contributed by atoms with E-state index in [9.17, 15) is 5.26 Å². The van der Waals surface area contributed by atoms with Crippen LogP contribution in [0.15, 0.2) is 48.5 Å². The Labute approximate surface area is 180 Å². The number of aromatic amines is 1. The van der Waals surface area contributed by atoms with Crippen LogP contribution in [0.3, 0.4) is 0 Å². The first kappa shape index (κ1) is 19.3. The van der Waals surface area contributed by atoms with Crippen molar-refractivity contribution in [2.24, 2.45) is 0 Å². The number of nitriles is 1. The fourth-order valence-electron chi connectivity index (χ4n) is 4.08. The van der Waals surface area contributed by atoms with Gasteiger partial charge in [-0.2, -0.15) is 5.26 Å². The SMILES string of the molecule is COc1ccc2nc(N3CCOCC3)c(CC(C#N)c3nc4ccccc4[nH]3)cc2c1. The van der Waals surface area contributed by atoms with E-state index in [-0.39, 0.29) is 0 Å². The van der Waals surface area contributed by atoms with Crippen molar-refractivity contribution in [3.05, 3.63) is 59.9 Å². The first-order chi connectivity index (χ1) is 15.2. The maximum Gasteiger partial charge on any atom is 0.132 e. The van der Waals surface area contributed by atoms with E-state index in [4.69, 9.17) is 14.5 Å². The molecule has 2 aromatic carbocycles. The Kier molecular flexibility index (Phi) is 5.14. The van der Waals surface area contributed by atoms with Gasteiger partial charge >= 0.3 is 0 Å². The minimum absolute atomic E-state index is 0.406. The van der Waals surface area contributed by atoms with Crippen LogP contribution in [0.1, 0.15) is 17.3 Å². The van der Waals surface area contributed by atoms with Crippen molar-refractivity contribution in [2.45, 2.75) is 12.3 Å². The molecule has 1 aliphatic rings. The molecule has 0 aliphatic carbocycles. The van der Waals surface area contributed by atoms with E-state index in [0.717, 1.165) is 52.2 Å². The van der Waals surface area contributed by atoms with Crippen LogP contribution >= 0.6 is 0 Å². The van der Waals surface area contributed by atoms with Gasteiger partial charge in [0, 0.05) is 18.5 Å². The normalized spacial score (nSPS) is 15.2. The number of hydrogen-bond donors (Lipinski definition) is 1. The Morgan fingerprint density at radius 3 is 2.74 bits per heavy atom. The summed E-state index contributed by atoms with van der Waals surface area (Å²) in [6.07, 6.45) is 0.517. The monoisotopic (exact) mass is 413 g/mol. The molecular formula is C24H23N5O2. The highest BCUT2D eigenvalue weighted by Crippen LogP contribution is 2.31. The molecule has 1 atom stereocenters. The fourth-order valence-corrected chi connectivity index (χ4v) is 4.08. The van der Waals surface area contributed by atoms with Crippen molar-refractivity contribution in [1.82, 2.24) is 15.0 Å². The molecule has 1 N–H and O–H groups in total. The van der Waals surface area contributed by atoms with Crippen molar-refractivity contribution in [1.29, 1.82) is 5.26 Å². The molecule has 1 aliphatic heterocycles. The van der Waals surface area contributed by atoms with Gasteiger partial charge in [-0.25, -0.2) is 9.97 Å². The molecule has 0 spiro atoms. The summed E-state index contributed by atoms with van der Waals surface area (Å²) in [5, 5.41) is 11.0. The molecule has 1 fully saturated rings. The molecule has 1 saturated heterocycles. The summed E-state index contributed by atoms with van der Waals surface area (Å²) in [7, 11) is 1.66. The number of fused-ring (bicyclic) bond motifs is 2.